The highest BCUT2D eigenvalue weighted by Gasteiger charge is 2.24. The number of nitrogens with zero attached hydrogens (tertiary/aromatic N) is 5. The van der Waals surface area contributed by atoms with Crippen LogP contribution >= 0.6 is 11.8 Å². The third-order valence-electron chi connectivity index (χ3n) is 4.95. The second kappa shape index (κ2) is 9.25. The minimum Gasteiger partial charge on any atom is -0.494 e. The molecule has 0 spiro atoms. The predicted octanol–water partition coefficient (Wildman–Crippen LogP) is 1.97. The summed E-state index contributed by atoms with van der Waals surface area (Å²) in [5, 5.41) is 14.0. The summed E-state index contributed by atoms with van der Waals surface area (Å²) in [4.78, 5) is 57.3. The number of ether oxygens (including phenoxy) is 1. The summed E-state index contributed by atoms with van der Waals surface area (Å²) in [6, 6.07) is 3.84. The van der Waals surface area contributed by atoms with Crippen LogP contribution in [0.5, 0.6) is 5.75 Å². The molecule has 1 N–H and O–H groups in total. The van der Waals surface area contributed by atoms with Crippen LogP contribution in [0.15, 0.2) is 32.8 Å². The van der Waals surface area contributed by atoms with Crippen molar-refractivity contribution in [1.29, 1.82) is 0 Å². The third-order valence-corrected chi connectivity index (χ3v) is 5.92. The van der Waals surface area contributed by atoms with Crippen molar-refractivity contribution in [2.24, 2.45) is 14.1 Å². The highest BCUT2D eigenvalue weighted by atomic mass is 32.2. The number of nitrogens with one attached hydrogen (secondary N) is 1. The zero-order valence-electron chi connectivity index (χ0n) is 19.5. The van der Waals surface area contributed by atoms with Gasteiger partial charge in [-0.05, 0) is 6.07 Å². The van der Waals surface area contributed by atoms with E-state index in [9.17, 15) is 24.5 Å². The van der Waals surface area contributed by atoms with Crippen LogP contribution in [0.1, 0.15) is 26.6 Å². The predicted molar refractivity (Wildman–Crippen MR) is 128 cm³/mol. The molecule has 1 aromatic carbocycles. The minimum absolute atomic E-state index is 0.123. The van der Waals surface area contributed by atoms with Crippen molar-refractivity contribution in [3.8, 4) is 5.75 Å². The Morgan fingerprint density at radius 3 is 2.47 bits per heavy atom. The molecule has 0 unspecified atom stereocenters. The number of anilines is 1. The quantitative estimate of drug-likeness (QED) is 0.238. The van der Waals surface area contributed by atoms with E-state index in [0.29, 0.717) is 5.82 Å². The molecule has 2 heterocycles. The maximum Gasteiger partial charge on any atom is 0.332 e. The first-order valence-corrected chi connectivity index (χ1v) is 11.1. The van der Waals surface area contributed by atoms with Gasteiger partial charge in [0.1, 0.15) is 22.0 Å². The molecule has 34 heavy (non-hydrogen) atoms. The Balaban J connectivity index is 1.97. The smallest absolute Gasteiger partial charge is 0.332 e. The van der Waals surface area contributed by atoms with E-state index in [4.69, 9.17) is 4.74 Å². The van der Waals surface area contributed by atoms with Crippen LogP contribution in [-0.4, -0.2) is 42.8 Å². The van der Waals surface area contributed by atoms with Crippen molar-refractivity contribution in [2.45, 2.75) is 31.2 Å². The lowest BCUT2D eigenvalue weighted by molar-refractivity contribution is -0.384. The number of nitro benzene ring substituents is 1. The number of fused-ring (bicyclic) bond motifs is 1. The summed E-state index contributed by atoms with van der Waals surface area (Å²) in [7, 11) is 4.22. The molecule has 0 radical (unpaired) electrons. The van der Waals surface area contributed by atoms with Gasteiger partial charge in [-0.1, -0.05) is 32.5 Å². The number of hydrogen-bond donors (Lipinski definition) is 1. The monoisotopic (exact) mass is 488 g/mol. The Morgan fingerprint density at radius 2 is 1.88 bits per heavy atom. The van der Waals surface area contributed by atoms with Crippen LogP contribution in [0.25, 0.3) is 11.0 Å². The summed E-state index contributed by atoms with van der Waals surface area (Å²) < 4.78 is 7.38. The fourth-order valence-corrected chi connectivity index (χ4v) is 3.90. The normalized spacial score (nSPS) is 11.5. The first kappa shape index (κ1) is 24.9. The van der Waals surface area contributed by atoms with Gasteiger partial charge >= 0.3 is 5.69 Å². The van der Waals surface area contributed by atoms with Crippen LogP contribution in [0.3, 0.4) is 0 Å². The number of rotatable bonds is 6. The van der Waals surface area contributed by atoms with Crippen molar-refractivity contribution in [2.75, 3.05) is 18.2 Å². The van der Waals surface area contributed by atoms with Crippen molar-refractivity contribution >= 4 is 40.1 Å². The third kappa shape index (κ3) is 4.78. The highest BCUT2D eigenvalue weighted by Crippen LogP contribution is 2.30. The van der Waals surface area contributed by atoms with E-state index in [0.717, 1.165) is 16.3 Å². The molecule has 0 bridgehead atoms. The Kier molecular flexibility index (Phi) is 6.77. The molecule has 0 aliphatic carbocycles. The number of aryl methyl sites for hydroxylation is 1. The maximum atomic E-state index is 12.9. The van der Waals surface area contributed by atoms with Gasteiger partial charge < -0.3 is 10.1 Å². The summed E-state index contributed by atoms with van der Waals surface area (Å²) in [6.07, 6.45) is 0. The average molecular weight is 489 g/mol. The number of thioether (sulfide) groups is 1. The molecule has 0 aliphatic heterocycles. The largest absolute Gasteiger partial charge is 0.494 e. The number of hydrogen-bond acceptors (Lipinski definition) is 9. The second-order valence-corrected chi connectivity index (χ2v) is 9.45. The Bertz CT molecular complexity index is 1420. The number of amides is 1. The van der Waals surface area contributed by atoms with Crippen LogP contribution in [0.2, 0.25) is 0 Å². The number of non-ortho nitro benzene ring substituents is 1. The van der Waals surface area contributed by atoms with Crippen molar-refractivity contribution in [1.82, 2.24) is 19.1 Å². The number of aromatic nitrogens is 4. The fraction of sp³-hybridized carbons (Fsp3) is 0.381. The summed E-state index contributed by atoms with van der Waals surface area (Å²) in [6.45, 7) is 5.69. The Labute approximate surface area is 198 Å². The number of nitro groups is 1. The highest BCUT2D eigenvalue weighted by molar-refractivity contribution is 8.00. The molecule has 12 nitrogen and oxygen atoms in total. The van der Waals surface area contributed by atoms with E-state index in [-0.39, 0.29) is 38.9 Å². The topological polar surface area (TPSA) is 151 Å². The molecule has 3 rings (SSSR count). The molecule has 0 saturated heterocycles. The van der Waals surface area contributed by atoms with E-state index >= 15 is 0 Å². The molecular weight excluding hydrogens is 464 g/mol. The lowest BCUT2D eigenvalue weighted by Crippen LogP contribution is -2.38. The Morgan fingerprint density at radius 1 is 1.21 bits per heavy atom. The molecule has 13 heteroatoms. The Hall–Kier alpha value is -3.74. The van der Waals surface area contributed by atoms with Gasteiger partial charge in [0.15, 0.2) is 5.65 Å². The first-order chi connectivity index (χ1) is 15.8. The average Bonchev–Trinajstić information content (AvgIpc) is 2.78. The van der Waals surface area contributed by atoms with Gasteiger partial charge in [-0.3, -0.25) is 28.8 Å². The van der Waals surface area contributed by atoms with E-state index in [2.05, 4.69) is 15.3 Å². The molecule has 0 atom stereocenters. The number of carbonyl (C=O) groups excluding carboxylic acids is 1. The van der Waals surface area contributed by atoms with Gasteiger partial charge in [-0.25, -0.2) is 14.8 Å². The van der Waals surface area contributed by atoms with Crippen LogP contribution < -0.4 is 21.3 Å². The minimum atomic E-state index is -0.565. The second-order valence-electron chi connectivity index (χ2n) is 8.49. The van der Waals surface area contributed by atoms with Crippen molar-refractivity contribution in [3.05, 3.63) is 55.0 Å². The zero-order valence-corrected chi connectivity index (χ0v) is 20.3. The summed E-state index contributed by atoms with van der Waals surface area (Å²) >= 11 is 1.03. The van der Waals surface area contributed by atoms with Crippen LogP contribution in [0, 0.1) is 10.1 Å². The van der Waals surface area contributed by atoms with E-state index in [1.807, 2.05) is 20.8 Å². The summed E-state index contributed by atoms with van der Waals surface area (Å²) in [5.41, 5.74) is -1.27. The van der Waals surface area contributed by atoms with Crippen LogP contribution in [0.4, 0.5) is 11.4 Å². The number of methoxy groups -OCH3 is 1. The van der Waals surface area contributed by atoms with E-state index in [1.54, 1.807) is 0 Å². The fourth-order valence-electron chi connectivity index (χ4n) is 3.09. The number of carbonyl (C=O) groups is 1. The van der Waals surface area contributed by atoms with Crippen LogP contribution in [-0.2, 0) is 24.3 Å². The van der Waals surface area contributed by atoms with E-state index in [1.165, 1.54) is 44.0 Å². The van der Waals surface area contributed by atoms with Gasteiger partial charge in [-0.2, -0.15) is 0 Å². The van der Waals surface area contributed by atoms with Gasteiger partial charge in [-0.15, -0.1) is 0 Å². The van der Waals surface area contributed by atoms with Crippen molar-refractivity contribution < 1.29 is 14.5 Å². The molecule has 0 saturated carbocycles. The lowest BCUT2D eigenvalue weighted by Gasteiger charge is -2.19. The van der Waals surface area contributed by atoms with Gasteiger partial charge in [0.2, 0.25) is 5.91 Å². The standard InChI is InChI=1S/C21H24N6O6S/c1-21(2,3)19-23-16-15(18(29)26(5)20(30)25(16)4)17(24-19)34-10-14(28)22-12-8-7-11(27(31)32)9-13(12)33-6/h7-9H,10H2,1-6H3,(H,22,28). The molecule has 3 aromatic rings. The molecule has 0 aliphatic rings. The molecule has 0 fully saturated rings. The molecular formula is C21H24N6O6S. The number of benzene rings is 1. The first-order valence-electron chi connectivity index (χ1n) is 10.1. The molecule has 1 amide bonds. The zero-order chi connectivity index (χ0) is 25.4. The molecule has 180 valence electrons. The molecule has 2 aromatic heterocycles. The maximum absolute atomic E-state index is 12.9. The van der Waals surface area contributed by atoms with E-state index < -0.39 is 27.5 Å². The van der Waals surface area contributed by atoms with Gasteiger partial charge in [0.25, 0.3) is 11.2 Å². The van der Waals surface area contributed by atoms with Gasteiger partial charge in [0.05, 0.1) is 29.5 Å². The van der Waals surface area contributed by atoms with Crippen molar-refractivity contribution in [3.63, 3.8) is 0 Å². The SMILES string of the molecule is COc1cc([N+](=O)[O-])ccc1NC(=O)CSc1nc(C(C)(C)C)nc2c1c(=O)n(C)c(=O)n2C. The lowest BCUT2D eigenvalue weighted by atomic mass is 9.96. The van der Waals surface area contributed by atoms with Gasteiger partial charge in [0, 0.05) is 25.6 Å². The summed E-state index contributed by atoms with van der Waals surface area (Å²) in [5.74, 6) is -0.00745.